The van der Waals surface area contributed by atoms with Gasteiger partial charge in [0.25, 0.3) is 0 Å². The fourth-order valence-electron chi connectivity index (χ4n) is 2.50. The topological polar surface area (TPSA) is 21.1 Å². The molecule has 0 aliphatic heterocycles. The molecule has 0 aliphatic rings. The average molecular weight is 300 g/mol. The molecule has 1 aromatic heterocycles. The van der Waals surface area contributed by atoms with E-state index in [0.717, 1.165) is 34.8 Å². The van der Waals surface area contributed by atoms with Crippen LogP contribution in [-0.4, -0.2) is 41.0 Å². The maximum atomic E-state index is 6.35. The zero-order chi connectivity index (χ0) is 14.0. The Morgan fingerprint density at radius 3 is 2.74 bits per heavy atom. The van der Waals surface area contributed by atoms with Crippen LogP contribution in [0.5, 0.6) is 0 Å². The van der Waals surface area contributed by atoms with E-state index in [2.05, 4.69) is 35.5 Å². The third kappa shape index (κ3) is 3.04. The normalized spacial score (nSPS) is 13.4. The number of fused-ring (bicyclic) bond motifs is 1. The van der Waals surface area contributed by atoms with Crippen LogP contribution in [0, 0.1) is 0 Å². The van der Waals surface area contributed by atoms with Gasteiger partial charge in [0.1, 0.15) is 5.82 Å². The van der Waals surface area contributed by atoms with Gasteiger partial charge in [-0.1, -0.05) is 17.7 Å². The lowest BCUT2D eigenvalue weighted by Crippen LogP contribution is -2.23. The SMILES string of the molecule is CC(CN(C)C)n1c(CCCl)nc2cccc(Cl)c21. The predicted molar refractivity (Wildman–Crippen MR) is 82.4 cm³/mol. The lowest BCUT2D eigenvalue weighted by Gasteiger charge is -2.21. The van der Waals surface area contributed by atoms with Crippen molar-refractivity contribution in [1.82, 2.24) is 14.5 Å². The van der Waals surface area contributed by atoms with Crippen LogP contribution in [0.3, 0.4) is 0 Å². The maximum Gasteiger partial charge on any atom is 0.111 e. The van der Waals surface area contributed by atoms with E-state index in [4.69, 9.17) is 23.2 Å². The summed E-state index contributed by atoms with van der Waals surface area (Å²) in [6, 6.07) is 6.15. The summed E-state index contributed by atoms with van der Waals surface area (Å²) in [4.78, 5) is 6.83. The van der Waals surface area contributed by atoms with Crippen LogP contribution >= 0.6 is 23.2 Å². The van der Waals surface area contributed by atoms with E-state index in [1.807, 2.05) is 18.2 Å². The number of alkyl halides is 1. The highest BCUT2D eigenvalue weighted by atomic mass is 35.5. The molecule has 0 saturated carbocycles. The van der Waals surface area contributed by atoms with Crippen molar-refractivity contribution in [3.63, 3.8) is 0 Å². The number of rotatable bonds is 5. The smallest absolute Gasteiger partial charge is 0.111 e. The Labute approximate surface area is 124 Å². The second-order valence-electron chi connectivity index (χ2n) is 5.06. The van der Waals surface area contributed by atoms with E-state index >= 15 is 0 Å². The highest BCUT2D eigenvalue weighted by Crippen LogP contribution is 2.28. The highest BCUT2D eigenvalue weighted by Gasteiger charge is 2.17. The first-order valence-corrected chi connectivity index (χ1v) is 7.32. The van der Waals surface area contributed by atoms with E-state index in [1.54, 1.807) is 0 Å². The maximum absolute atomic E-state index is 6.35. The van der Waals surface area contributed by atoms with Crippen molar-refractivity contribution in [3.05, 3.63) is 29.0 Å². The minimum Gasteiger partial charge on any atom is -0.323 e. The third-order valence-electron chi connectivity index (χ3n) is 3.12. The molecular formula is C14H19Cl2N3. The van der Waals surface area contributed by atoms with Crippen LogP contribution in [-0.2, 0) is 6.42 Å². The number of para-hydroxylation sites is 1. The number of halogens is 2. The van der Waals surface area contributed by atoms with Crippen LogP contribution in [0.25, 0.3) is 11.0 Å². The lowest BCUT2D eigenvalue weighted by atomic mass is 10.2. The molecule has 0 amide bonds. The zero-order valence-corrected chi connectivity index (χ0v) is 13.0. The summed E-state index contributed by atoms with van der Waals surface area (Å²) in [7, 11) is 4.14. The molecule has 3 nitrogen and oxygen atoms in total. The first-order valence-electron chi connectivity index (χ1n) is 6.40. The number of hydrogen-bond donors (Lipinski definition) is 0. The molecule has 5 heteroatoms. The molecule has 1 unspecified atom stereocenters. The zero-order valence-electron chi connectivity index (χ0n) is 11.5. The Kier molecular flexibility index (Phi) is 4.71. The number of imidazole rings is 1. The van der Waals surface area contributed by atoms with Gasteiger partial charge in [-0.3, -0.25) is 0 Å². The van der Waals surface area contributed by atoms with Gasteiger partial charge in [-0.15, -0.1) is 11.6 Å². The molecule has 0 bridgehead atoms. The Morgan fingerprint density at radius 1 is 1.37 bits per heavy atom. The van der Waals surface area contributed by atoms with E-state index in [1.165, 1.54) is 0 Å². The second kappa shape index (κ2) is 6.12. The molecule has 2 rings (SSSR count). The van der Waals surface area contributed by atoms with E-state index < -0.39 is 0 Å². The van der Waals surface area contributed by atoms with Crippen molar-refractivity contribution in [2.24, 2.45) is 0 Å². The molecule has 2 aromatic rings. The monoisotopic (exact) mass is 299 g/mol. The molecule has 104 valence electrons. The second-order valence-corrected chi connectivity index (χ2v) is 5.84. The number of aromatic nitrogens is 2. The Morgan fingerprint density at radius 2 is 2.11 bits per heavy atom. The molecule has 1 atom stereocenters. The van der Waals surface area contributed by atoms with Gasteiger partial charge in [0, 0.05) is 24.9 Å². The highest BCUT2D eigenvalue weighted by molar-refractivity contribution is 6.35. The summed E-state index contributed by atoms with van der Waals surface area (Å²) in [6.07, 6.45) is 0.754. The number of nitrogens with zero attached hydrogens (tertiary/aromatic N) is 3. The molecular weight excluding hydrogens is 281 g/mol. The molecule has 0 N–H and O–H groups in total. The third-order valence-corrected chi connectivity index (χ3v) is 3.62. The minimum absolute atomic E-state index is 0.304. The van der Waals surface area contributed by atoms with E-state index in [-0.39, 0.29) is 0 Å². The van der Waals surface area contributed by atoms with Gasteiger partial charge < -0.3 is 9.47 Å². The summed E-state index contributed by atoms with van der Waals surface area (Å²) >= 11 is 12.2. The van der Waals surface area contributed by atoms with Gasteiger partial charge in [0.2, 0.25) is 0 Å². The summed E-state index contributed by atoms with van der Waals surface area (Å²) in [5.74, 6) is 1.57. The first-order chi connectivity index (χ1) is 9.04. The molecule has 0 aliphatic carbocycles. The van der Waals surface area contributed by atoms with Crippen molar-refractivity contribution in [3.8, 4) is 0 Å². The fraction of sp³-hybridized carbons (Fsp3) is 0.500. The number of aryl methyl sites for hydroxylation is 1. The van der Waals surface area contributed by atoms with E-state index in [9.17, 15) is 0 Å². The summed E-state index contributed by atoms with van der Waals surface area (Å²) in [5, 5.41) is 0.747. The fourth-order valence-corrected chi connectivity index (χ4v) is 2.93. The van der Waals surface area contributed by atoms with Gasteiger partial charge in [-0.2, -0.15) is 0 Å². The summed E-state index contributed by atoms with van der Waals surface area (Å²) in [6.45, 7) is 3.12. The molecule has 19 heavy (non-hydrogen) atoms. The largest absolute Gasteiger partial charge is 0.323 e. The number of likely N-dealkylation sites (N-methyl/N-ethyl adjacent to an activating group) is 1. The van der Waals surface area contributed by atoms with Gasteiger partial charge in [-0.25, -0.2) is 4.98 Å². The van der Waals surface area contributed by atoms with Crippen molar-refractivity contribution in [2.45, 2.75) is 19.4 Å². The van der Waals surface area contributed by atoms with Crippen molar-refractivity contribution >= 4 is 34.2 Å². The van der Waals surface area contributed by atoms with Crippen molar-refractivity contribution in [2.75, 3.05) is 26.5 Å². The molecule has 0 saturated heterocycles. The number of hydrogen-bond acceptors (Lipinski definition) is 2. The lowest BCUT2D eigenvalue weighted by molar-refractivity contribution is 0.337. The Bertz CT molecular complexity index is 563. The van der Waals surface area contributed by atoms with Gasteiger partial charge in [-0.05, 0) is 33.2 Å². The van der Waals surface area contributed by atoms with E-state index in [0.29, 0.717) is 11.9 Å². The van der Waals surface area contributed by atoms with Gasteiger partial charge in [0.15, 0.2) is 0 Å². The number of benzene rings is 1. The molecule has 1 heterocycles. The summed E-state index contributed by atoms with van der Waals surface area (Å²) < 4.78 is 2.22. The summed E-state index contributed by atoms with van der Waals surface area (Å²) in [5.41, 5.74) is 1.96. The predicted octanol–water partition coefficient (Wildman–Crippen LogP) is 3.59. The quantitative estimate of drug-likeness (QED) is 0.787. The molecule has 1 aromatic carbocycles. The van der Waals surface area contributed by atoms with Crippen molar-refractivity contribution in [1.29, 1.82) is 0 Å². The van der Waals surface area contributed by atoms with Gasteiger partial charge in [0.05, 0.1) is 16.1 Å². The first kappa shape index (κ1) is 14.6. The minimum atomic E-state index is 0.304. The van der Waals surface area contributed by atoms with Crippen LogP contribution < -0.4 is 0 Å². The Balaban J connectivity index is 2.56. The van der Waals surface area contributed by atoms with Crippen LogP contribution in [0.2, 0.25) is 5.02 Å². The molecule has 0 spiro atoms. The van der Waals surface area contributed by atoms with Crippen LogP contribution in [0.15, 0.2) is 18.2 Å². The molecule has 0 fully saturated rings. The van der Waals surface area contributed by atoms with Crippen molar-refractivity contribution < 1.29 is 0 Å². The van der Waals surface area contributed by atoms with Crippen LogP contribution in [0.1, 0.15) is 18.8 Å². The standard InChI is InChI=1S/C14H19Cl2N3/c1-10(9-18(2)3)19-13(7-8-15)17-12-6-4-5-11(16)14(12)19/h4-6,10H,7-9H2,1-3H3. The average Bonchev–Trinajstić information content (AvgIpc) is 2.68. The van der Waals surface area contributed by atoms with Crippen LogP contribution in [0.4, 0.5) is 0 Å². The Hall–Kier alpha value is -0.770. The van der Waals surface area contributed by atoms with Gasteiger partial charge >= 0.3 is 0 Å². The molecule has 0 radical (unpaired) electrons.